The van der Waals surface area contributed by atoms with E-state index in [4.69, 9.17) is 5.73 Å². The van der Waals surface area contributed by atoms with Gasteiger partial charge in [0, 0.05) is 42.6 Å². The third-order valence-corrected chi connectivity index (χ3v) is 7.11. The molecule has 5 atom stereocenters. The highest BCUT2D eigenvalue weighted by Crippen LogP contribution is 2.50. The van der Waals surface area contributed by atoms with E-state index in [2.05, 4.69) is 0 Å². The smallest absolute Gasteiger partial charge is 0.341 e. The number of halogens is 3. The molecular formula is C21H22F3N3O3. The van der Waals surface area contributed by atoms with Crippen LogP contribution in [0.25, 0.3) is 10.9 Å². The number of pyridine rings is 1. The second-order valence-corrected chi connectivity index (χ2v) is 8.97. The molecule has 160 valence electrons. The van der Waals surface area contributed by atoms with Crippen molar-refractivity contribution in [3.8, 4) is 0 Å². The minimum atomic E-state index is -1.44. The Labute approximate surface area is 170 Å². The van der Waals surface area contributed by atoms with Crippen molar-refractivity contribution in [1.82, 2.24) is 4.57 Å². The first-order valence-corrected chi connectivity index (χ1v) is 10.0. The highest BCUT2D eigenvalue weighted by atomic mass is 19.1. The third kappa shape index (κ3) is 2.54. The number of hydrogen-bond donors (Lipinski definition) is 2. The maximum absolute atomic E-state index is 15.2. The Kier molecular flexibility index (Phi) is 4.03. The first-order valence-electron chi connectivity index (χ1n) is 10.0. The standard InChI is InChI=1S/C21H22F3N3O3/c1-9-17-11(19(28)12(20(29)30)6-27(17)16-3-14(16)23)2-15(24)18(9)26-7-13-10(5-22)4-21(13,25)8-26/h2,6,10,13-14,16H,3-5,7-8,25H2,1H3,(H,29,30). The van der Waals surface area contributed by atoms with E-state index in [0.29, 0.717) is 30.6 Å². The summed E-state index contributed by atoms with van der Waals surface area (Å²) >= 11 is 0. The van der Waals surface area contributed by atoms with Gasteiger partial charge in [-0.15, -0.1) is 0 Å². The van der Waals surface area contributed by atoms with Gasteiger partial charge in [-0.3, -0.25) is 9.18 Å². The Morgan fingerprint density at radius 1 is 1.43 bits per heavy atom. The predicted octanol–water partition coefficient (Wildman–Crippen LogP) is 2.55. The zero-order chi connectivity index (χ0) is 21.5. The van der Waals surface area contributed by atoms with Crippen molar-refractivity contribution in [2.24, 2.45) is 17.6 Å². The van der Waals surface area contributed by atoms with Gasteiger partial charge >= 0.3 is 5.97 Å². The Balaban J connectivity index is 1.69. The average Bonchev–Trinajstić information content (AvgIpc) is 3.34. The normalized spacial score (nSPS) is 32.2. The van der Waals surface area contributed by atoms with Gasteiger partial charge in [-0.1, -0.05) is 0 Å². The van der Waals surface area contributed by atoms with Crippen molar-refractivity contribution in [1.29, 1.82) is 0 Å². The SMILES string of the molecule is Cc1c(N2CC3C(CF)CC3(N)C2)c(F)cc2c(=O)c(C(=O)O)cn(C3CC3F)c12. The molecular weight excluding hydrogens is 399 g/mol. The van der Waals surface area contributed by atoms with Crippen molar-refractivity contribution in [2.75, 3.05) is 24.7 Å². The summed E-state index contributed by atoms with van der Waals surface area (Å²) in [6.07, 6.45) is 0.755. The molecule has 0 radical (unpaired) electrons. The van der Waals surface area contributed by atoms with Crippen LogP contribution in [0.5, 0.6) is 0 Å². The molecule has 2 aromatic rings. The Morgan fingerprint density at radius 2 is 2.13 bits per heavy atom. The number of hydrogen-bond acceptors (Lipinski definition) is 4. The molecule has 5 rings (SSSR count). The molecule has 5 unspecified atom stereocenters. The van der Waals surface area contributed by atoms with Crippen LogP contribution in [0.15, 0.2) is 17.1 Å². The Morgan fingerprint density at radius 3 is 2.73 bits per heavy atom. The van der Waals surface area contributed by atoms with Gasteiger partial charge in [-0.2, -0.15) is 0 Å². The Hall–Kier alpha value is -2.55. The maximum atomic E-state index is 15.2. The lowest BCUT2D eigenvalue weighted by atomic mass is 9.62. The van der Waals surface area contributed by atoms with Crippen molar-refractivity contribution in [3.63, 3.8) is 0 Å². The van der Waals surface area contributed by atoms with E-state index in [1.807, 2.05) is 0 Å². The van der Waals surface area contributed by atoms with Gasteiger partial charge in [0.25, 0.3) is 0 Å². The molecule has 1 aromatic carbocycles. The van der Waals surface area contributed by atoms with E-state index in [9.17, 15) is 23.5 Å². The molecule has 2 heterocycles. The number of carboxylic acid groups (broad SMARTS) is 1. The Bertz CT molecular complexity index is 1150. The summed E-state index contributed by atoms with van der Waals surface area (Å²) in [6.45, 7) is 1.95. The number of rotatable bonds is 4. The summed E-state index contributed by atoms with van der Waals surface area (Å²) in [5.74, 6) is -2.32. The number of nitrogens with zero attached hydrogens (tertiary/aromatic N) is 2. The van der Waals surface area contributed by atoms with Crippen LogP contribution in [-0.2, 0) is 0 Å². The van der Waals surface area contributed by atoms with Crippen molar-refractivity contribution >= 4 is 22.6 Å². The van der Waals surface area contributed by atoms with Crippen molar-refractivity contribution < 1.29 is 23.1 Å². The molecule has 3 fully saturated rings. The minimum Gasteiger partial charge on any atom is -0.477 e. The fraction of sp³-hybridized carbons (Fsp3) is 0.524. The van der Waals surface area contributed by atoms with E-state index in [-0.39, 0.29) is 29.3 Å². The molecule has 0 bridgehead atoms. The number of carbonyl (C=O) groups is 1. The van der Waals surface area contributed by atoms with Crippen LogP contribution in [0.1, 0.15) is 34.8 Å². The summed E-state index contributed by atoms with van der Waals surface area (Å²) in [5, 5.41) is 9.29. The number of aryl methyl sites for hydroxylation is 1. The summed E-state index contributed by atoms with van der Waals surface area (Å²) in [4.78, 5) is 26.0. The molecule has 3 N–H and O–H groups in total. The molecule has 1 aliphatic heterocycles. The van der Waals surface area contributed by atoms with Gasteiger partial charge in [-0.25, -0.2) is 13.6 Å². The summed E-state index contributed by atoms with van der Waals surface area (Å²) in [6, 6.07) is 0.448. The molecule has 2 aliphatic carbocycles. The van der Waals surface area contributed by atoms with Crippen molar-refractivity contribution in [3.05, 3.63) is 39.4 Å². The van der Waals surface area contributed by atoms with Crippen LogP contribution in [0.3, 0.4) is 0 Å². The number of anilines is 1. The van der Waals surface area contributed by atoms with Crippen molar-refractivity contribution in [2.45, 2.75) is 37.5 Å². The minimum absolute atomic E-state index is 0.0766. The predicted molar refractivity (Wildman–Crippen MR) is 105 cm³/mol. The number of carboxylic acids is 1. The lowest BCUT2D eigenvalue weighted by Crippen LogP contribution is -2.60. The van der Waals surface area contributed by atoms with E-state index in [0.717, 1.165) is 12.3 Å². The molecule has 0 spiro atoms. The third-order valence-electron chi connectivity index (χ3n) is 7.11. The number of alkyl halides is 2. The first kappa shape index (κ1) is 19.4. The first-order chi connectivity index (χ1) is 14.2. The van der Waals surface area contributed by atoms with Crippen LogP contribution < -0.4 is 16.1 Å². The largest absolute Gasteiger partial charge is 0.477 e. The van der Waals surface area contributed by atoms with Gasteiger partial charge in [0.1, 0.15) is 17.6 Å². The quantitative estimate of drug-likeness (QED) is 0.792. The van der Waals surface area contributed by atoms with E-state index >= 15 is 4.39 Å². The monoisotopic (exact) mass is 421 g/mol. The fourth-order valence-corrected chi connectivity index (χ4v) is 5.51. The zero-order valence-electron chi connectivity index (χ0n) is 16.4. The van der Waals surface area contributed by atoms with Gasteiger partial charge in [0.2, 0.25) is 5.43 Å². The molecule has 1 saturated heterocycles. The van der Waals surface area contributed by atoms with Gasteiger partial charge in [-0.05, 0) is 30.9 Å². The lowest BCUT2D eigenvalue weighted by molar-refractivity contribution is 0.0629. The lowest BCUT2D eigenvalue weighted by Gasteiger charge is -2.46. The number of nitrogens with two attached hydrogens (primary N) is 1. The summed E-state index contributed by atoms with van der Waals surface area (Å²) < 4.78 is 43.8. The van der Waals surface area contributed by atoms with E-state index in [1.54, 1.807) is 11.8 Å². The van der Waals surface area contributed by atoms with Crippen LogP contribution in [0, 0.1) is 24.6 Å². The van der Waals surface area contributed by atoms with Gasteiger partial charge in [0.15, 0.2) is 0 Å². The second kappa shape index (κ2) is 6.23. The molecule has 0 amide bonds. The number of aromatic carboxylic acids is 1. The zero-order valence-corrected chi connectivity index (χ0v) is 16.4. The molecule has 9 heteroatoms. The fourth-order valence-electron chi connectivity index (χ4n) is 5.51. The molecule has 3 aliphatic rings. The van der Waals surface area contributed by atoms with Gasteiger partial charge in [0.05, 0.1) is 23.9 Å². The molecule has 2 saturated carbocycles. The van der Waals surface area contributed by atoms with Gasteiger partial charge < -0.3 is 20.3 Å². The highest BCUT2D eigenvalue weighted by molar-refractivity contribution is 5.95. The van der Waals surface area contributed by atoms with Crippen LogP contribution in [0.4, 0.5) is 18.9 Å². The van der Waals surface area contributed by atoms with Crippen LogP contribution in [0.2, 0.25) is 0 Å². The second-order valence-electron chi connectivity index (χ2n) is 8.97. The topological polar surface area (TPSA) is 88.6 Å². The van der Waals surface area contributed by atoms with Crippen LogP contribution >= 0.6 is 0 Å². The number of benzene rings is 1. The van der Waals surface area contributed by atoms with Crippen LogP contribution in [-0.4, -0.2) is 47.1 Å². The average molecular weight is 421 g/mol. The number of fused-ring (bicyclic) bond motifs is 2. The molecule has 30 heavy (non-hydrogen) atoms. The maximum Gasteiger partial charge on any atom is 0.341 e. The summed E-state index contributed by atoms with van der Waals surface area (Å²) in [7, 11) is 0. The summed E-state index contributed by atoms with van der Waals surface area (Å²) in [5.41, 5.74) is 5.53. The van der Waals surface area contributed by atoms with E-state index in [1.165, 1.54) is 4.57 Å². The molecule has 1 aromatic heterocycles. The highest BCUT2D eigenvalue weighted by Gasteiger charge is 2.57. The molecule has 6 nitrogen and oxygen atoms in total. The van der Waals surface area contributed by atoms with E-state index < -0.39 is 47.2 Å². The number of aromatic nitrogens is 1.